The number of hydrogen-bond donors (Lipinski definition) is 1. The predicted molar refractivity (Wildman–Crippen MR) is 93.1 cm³/mol. The van der Waals surface area contributed by atoms with Gasteiger partial charge in [0.1, 0.15) is 11.6 Å². The van der Waals surface area contributed by atoms with Crippen molar-refractivity contribution in [3.8, 4) is 0 Å². The average Bonchev–Trinajstić information content (AvgIpc) is 2.63. The van der Waals surface area contributed by atoms with Crippen LogP contribution < -0.4 is 4.72 Å². The molecular formula is C18H20F2N2O3S. The number of benzene rings is 2. The van der Waals surface area contributed by atoms with Gasteiger partial charge >= 0.3 is 0 Å². The van der Waals surface area contributed by atoms with Crippen LogP contribution in [0.1, 0.15) is 11.6 Å². The van der Waals surface area contributed by atoms with Gasteiger partial charge in [-0.05, 0) is 17.7 Å². The van der Waals surface area contributed by atoms with Gasteiger partial charge in [0.25, 0.3) is 0 Å². The summed E-state index contributed by atoms with van der Waals surface area (Å²) >= 11 is 0. The molecule has 1 saturated heterocycles. The Morgan fingerprint density at radius 3 is 2.23 bits per heavy atom. The molecule has 0 radical (unpaired) electrons. The van der Waals surface area contributed by atoms with Gasteiger partial charge in [0.2, 0.25) is 10.0 Å². The minimum atomic E-state index is -4.32. The Labute approximate surface area is 151 Å². The zero-order valence-electron chi connectivity index (χ0n) is 14.1. The Morgan fingerprint density at radius 1 is 1.00 bits per heavy atom. The molecule has 0 bridgehead atoms. The third-order valence-electron chi connectivity index (χ3n) is 4.33. The Hall–Kier alpha value is -1.87. The van der Waals surface area contributed by atoms with E-state index in [1.54, 1.807) is 0 Å². The van der Waals surface area contributed by atoms with Gasteiger partial charge < -0.3 is 4.74 Å². The van der Waals surface area contributed by atoms with Gasteiger partial charge in [-0.2, -0.15) is 0 Å². The summed E-state index contributed by atoms with van der Waals surface area (Å²) in [5, 5.41) is 0. The Bertz CT molecular complexity index is 821. The van der Waals surface area contributed by atoms with Crippen LogP contribution in [-0.2, 0) is 14.8 Å². The van der Waals surface area contributed by atoms with Crippen molar-refractivity contribution >= 4 is 10.0 Å². The van der Waals surface area contributed by atoms with Crippen molar-refractivity contribution < 1.29 is 21.9 Å². The quantitative estimate of drug-likeness (QED) is 0.833. The molecule has 3 rings (SSSR count). The van der Waals surface area contributed by atoms with Crippen molar-refractivity contribution in [1.82, 2.24) is 9.62 Å². The number of hydrogen-bond acceptors (Lipinski definition) is 4. The monoisotopic (exact) mass is 382 g/mol. The van der Waals surface area contributed by atoms with E-state index in [-0.39, 0.29) is 12.6 Å². The lowest BCUT2D eigenvalue weighted by Crippen LogP contribution is -2.44. The molecule has 1 heterocycles. The molecule has 1 aliphatic rings. The second-order valence-electron chi connectivity index (χ2n) is 5.98. The molecule has 1 aliphatic heterocycles. The van der Waals surface area contributed by atoms with Gasteiger partial charge in [-0.25, -0.2) is 21.9 Å². The summed E-state index contributed by atoms with van der Waals surface area (Å²) in [5.41, 5.74) is 0.922. The van der Waals surface area contributed by atoms with Crippen molar-refractivity contribution in [3.05, 3.63) is 65.7 Å². The maximum absolute atomic E-state index is 13.9. The molecule has 2 aromatic rings. The highest BCUT2D eigenvalue weighted by Gasteiger charge is 2.28. The highest BCUT2D eigenvalue weighted by atomic mass is 32.2. The fourth-order valence-electron chi connectivity index (χ4n) is 3.02. The maximum Gasteiger partial charge on any atom is 0.246 e. The molecule has 0 aliphatic carbocycles. The molecule has 5 nitrogen and oxygen atoms in total. The summed E-state index contributed by atoms with van der Waals surface area (Å²) in [6.45, 7) is 2.40. The molecule has 8 heteroatoms. The smallest absolute Gasteiger partial charge is 0.246 e. The molecule has 1 atom stereocenters. The van der Waals surface area contributed by atoms with Crippen LogP contribution in [0.4, 0.5) is 8.78 Å². The van der Waals surface area contributed by atoms with Crippen molar-refractivity contribution in [2.45, 2.75) is 10.9 Å². The number of halogens is 2. The molecule has 0 spiro atoms. The van der Waals surface area contributed by atoms with Crippen molar-refractivity contribution in [2.75, 3.05) is 32.8 Å². The average molecular weight is 382 g/mol. The van der Waals surface area contributed by atoms with Crippen LogP contribution in [0.3, 0.4) is 0 Å². The minimum Gasteiger partial charge on any atom is -0.379 e. The highest BCUT2D eigenvalue weighted by Crippen LogP contribution is 2.23. The molecule has 1 unspecified atom stereocenters. The second-order valence-corrected chi connectivity index (χ2v) is 7.68. The van der Waals surface area contributed by atoms with Gasteiger partial charge in [0.05, 0.1) is 13.2 Å². The summed E-state index contributed by atoms with van der Waals surface area (Å²) in [5.74, 6) is -2.22. The van der Waals surface area contributed by atoms with Gasteiger partial charge in [-0.3, -0.25) is 4.90 Å². The third kappa shape index (κ3) is 4.27. The van der Waals surface area contributed by atoms with Crippen LogP contribution in [-0.4, -0.2) is 46.2 Å². The number of nitrogens with zero attached hydrogens (tertiary/aromatic N) is 1. The lowest BCUT2D eigenvalue weighted by molar-refractivity contribution is 0.0172. The lowest BCUT2D eigenvalue weighted by Gasteiger charge is -2.34. The van der Waals surface area contributed by atoms with Crippen LogP contribution in [0.15, 0.2) is 53.4 Å². The number of ether oxygens (including phenoxy) is 1. The van der Waals surface area contributed by atoms with Crippen LogP contribution in [0, 0.1) is 11.6 Å². The van der Waals surface area contributed by atoms with E-state index in [0.29, 0.717) is 26.3 Å². The fourth-order valence-corrected chi connectivity index (χ4v) is 4.19. The molecule has 1 N–H and O–H groups in total. The Kier molecular flexibility index (Phi) is 5.98. The van der Waals surface area contributed by atoms with E-state index in [0.717, 1.165) is 23.8 Å². The summed E-state index contributed by atoms with van der Waals surface area (Å²) in [6.07, 6.45) is 0. The zero-order valence-corrected chi connectivity index (χ0v) is 14.9. The third-order valence-corrected chi connectivity index (χ3v) is 5.80. The van der Waals surface area contributed by atoms with Gasteiger partial charge in [0.15, 0.2) is 4.90 Å². The van der Waals surface area contributed by atoms with E-state index >= 15 is 0 Å². The summed E-state index contributed by atoms with van der Waals surface area (Å²) in [6, 6.07) is 12.1. The first-order chi connectivity index (χ1) is 12.5. The summed E-state index contributed by atoms with van der Waals surface area (Å²) < 4.78 is 60.4. The van der Waals surface area contributed by atoms with Gasteiger partial charge in [-0.1, -0.05) is 36.4 Å². The molecule has 26 heavy (non-hydrogen) atoms. The first-order valence-corrected chi connectivity index (χ1v) is 9.78. The van der Waals surface area contributed by atoms with Crippen LogP contribution in [0.2, 0.25) is 0 Å². The van der Waals surface area contributed by atoms with E-state index in [1.807, 2.05) is 30.3 Å². The normalized spacial score (nSPS) is 17.2. The second kappa shape index (κ2) is 8.22. The zero-order chi connectivity index (χ0) is 18.6. The number of nitrogens with one attached hydrogen (secondary N) is 1. The van der Waals surface area contributed by atoms with Crippen molar-refractivity contribution in [1.29, 1.82) is 0 Å². The SMILES string of the molecule is O=S(=O)(NCC(c1ccccc1)N1CCOCC1)c1c(F)cccc1F. The summed E-state index contributed by atoms with van der Waals surface area (Å²) in [7, 11) is -4.32. The molecule has 0 aromatic heterocycles. The standard InChI is InChI=1S/C18H20F2N2O3S/c19-15-7-4-8-16(20)18(15)26(23,24)21-13-17(14-5-2-1-3-6-14)22-9-11-25-12-10-22/h1-8,17,21H,9-13H2. The fraction of sp³-hybridized carbons (Fsp3) is 0.333. The predicted octanol–water partition coefficient (Wildman–Crippen LogP) is 2.32. The molecule has 140 valence electrons. The van der Waals surface area contributed by atoms with E-state index in [9.17, 15) is 17.2 Å². The highest BCUT2D eigenvalue weighted by molar-refractivity contribution is 7.89. The van der Waals surface area contributed by atoms with Crippen molar-refractivity contribution in [3.63, 3.8) is 0 Å². The van der Waals surface area contributed by atoms with Gasteiger partial charge in [-0.15, -0.1) is 0 Å². The van der Waals surface area contributed by atoms with E-state index in [4.69, 9.17) is 4.74 Å². The first-order valence-electron chi connectivity index (χ1n) is 8.29. The molecule has 1 fully saturated rings. The molecule has 0 saturated carbocycles. The molecule has 0 amide bonds. The Balaban J connectivity index is 1.83. The van der Waals surface area contributed by atoms with E-state index < -0.39 is 26.6 Å². The minimum absolute atomic E-state index is 0.000120. The van der Waals surface area contributed by atoms with Crippen molar-refractivity contribution in [2.24, 2.45) is 0 Å². The van der Waals surface area contributed by atoms with E-state index in [2.05, 4.69) is 9.62 Å². The van der Waals surface area contributed by atoms with Crippen LogP contribution >= 0.6 is 0 Å². The van der Waals surface area contributed by atoms with Crippen LogP contribution in [0.5, 0.6) is 0 Å². The summed E-state index contributed by atoms with van der Waals surface area (Å²) in [4.78, 5) is 1.15. The maximum atomic E-state index is 13.9. The van der Waals surface area contributed by atoms with Gasteiger partial charge in [0, 0.05) is 25.7 Å². The Morgan fingerprint density at radius 2 is 1.62 bits per heavy atom. The molecular weight excluding hydrogens is 362 g/mol. The lowest BCUT2D eigenvalue weighted by atomic mass is 10.1. The number of rotatable bonds is 6. The van der Waals surface area contributed by atoms with Crippen LogP contribution in [0.25, 0.3) is 0 Å². The van der Waals surface area contributed by atoms with E-state index in [1.165, 1.54) is 0 Å². The molecule has 2 aromatic carbocycles. The number of morpholine rings is 1. The first kappa shape index (κ1) is 18.9. The largest absolute Gasteiger partial charge is 0.379 e. The topological polar surface area (TPSA) is 58.6 Å². The number of sulfonamides is 1.